The highest BCUT2D eigenvalue weighted by Crippen LogP contribution is 2.34. The Hall–Kier alpha value is -4.93. The summed E-state index contributed by atoms with van der Waals surface area (Å²) >= 11 is 0. The Bertz CT molecular complexity index is 1780. The number of nitrogens with one attached hydrogen (secondary N) is 3. The van der Waals surface area contributed by atoms with Crippen LogP contribution < -0.4 is 5.32 Å². The number of rotatable bonds is 4. The van der Waals surface area contributed by atoms with Gasteiger partial charge in [0.1, 0.15) is 22.6 Å². The molecule has 0 spiro atoms. The molecule has 6 aromatic heterocycles. The Morgan fingerprint density at radius 2 is 1.89 bits per heavy atom. The maximum atomic E-state index is 16.0. The fraction of sp³-hybridized carbons (Fsp3) is 0.154. The average molecular weight is 497 g/mol. The predicted molar refractivity (Wildman–Crippen MR) is 136 cm³/mol. The minimum absolute atomic E-state index is 0.0753. The number of carbonyl (C=O) groups is 1. The molecule has 0 aliphatic carbocycles. The van der Waals surface area contributed by atoms with Gasteiger partial charge in [-0.2, -0.15) is 5.10 Å². The van der Waals surface area contributed by atoms with Gasteiger partial charge in [-0.15, -0.1) is 0 Å². The summed E-state index contributed by atoms with van der Waals surface area (Å²) in [7, 11) is 0. The molecule has 0 radical (unpaired) electrons. The molecule has 0 atom stereocenters. The van der Waals surface area contributed by atoms with Gasteiger partial charge in [-0.25, -0.2) is 9.37 Å². The lowest BCUT2D eigenvalue weighted by atomic mass is 9.95. The molecule has 0 saturated carbocycles. The van der Waals surface area contributed by atoms with Gasteiger partial charge in [-0.3, -0.25) is 24.8 Å². The minimum Gasteiger partial charge on any atom is -0.472 e. The van der Waals surface area contributed by atoms with Crippen LogP contribution >= 0.6 is 0 Å². The first kappa shape index (κ1) is 22.5. The predicted octanol–water partition coefficient (Wildman–Crippen LogP) is 5.34. The number of nitrogens with zero attached hydrogens (tertiary/aromatic N) is 5. The summed E-state index contributed by atoms with van der Waals surface area (Å²) in [6, 6.07) is 5.22. The van der Waals surface area contributed by atoms with Crippen LogP contribution in [-0.2, 0) is 4.79 Å². The van der Waals surface area contributed by atoms with Crippen LogP contribution in [0.1, 0.15) is 20.8 Å². The van der Waals surface area contributed by atoms with Gasteiger partial charge in [-0.1, -0.05) is 20.8 Å². The Kier molecular flexibility index (Phi) is 5.07. The fourth-order valence-corrected chi connectivity index (χ4v) is 3.96. The highest BCUT2D eigenvalue weighted by Gasteiger charge is 2.23. The number of hydrogen-bond acceptors (Lipinski definition) is 7. The number of anilines is 1. The number of aromatic amines is 2. The number of fused-ring (bicyclic) bond motifs is 2. The van der Waals surface area contributed by atoms with Crippen LogP contribution in [0.2, 0.25) is 0 Å². The van der Waals surface area contributed by atoms with Crippen LogP contribution in [0.3, 0.4) is 0 Å². The molecule has 0 aliphatic rings. The maximum Gasteiger partial charge on any atom is 0.229 e. The second-order valence-electron chi connectivity index (χ2n) is 9.60. The molecule has 0 aliphatic heterocycles. The number of amides is 1. The van der Waals surface area contributed by atoms with Crippen LogP contribution in [0.4, 0.5) is 10.1 Å². The molecule has 1 amide bonds. The van der Waals surface area contributed by atoms with E-state index in [0.29, 0.717) is 39.5 Å². The Balaban J connectivity index is 1.44. The summed E-state index contributed by atoms with van der Waals surface area (Å²) in [5.41, 5.74) is 3.79. The van der Waals surface area contributed by atoms with Crippen molar-refractivity contribution in [2.24, 2.45) is 5.41 Å². The van der Waals surface area contributed by atoms with Crippen LogP contribution in [0, 0.1) is 11.2 Å². The molecular formula is C26H21FN8O2. The summed E-state index contributed by atoms with van der Waals surface area (Å²) in [6.45, 7) is 5.42. The lowest BCUT2D eigenvalue weighted by Crippen LogP contribution is -2.27. The lowest BCUT2D eigenvalue weighted by molar-refractivity contribution is -0.123. The van der Waals surface area contributed by atoms with Crippen LogP contribution in [0.5, 0.6) is 0 Å². The van der Waals surface area contributed by atoms with Crippen LogP contribution in [0.25, 0.3) is 56.0 Å². The molecule has 6 rings (SSSR count). The molecule has 0 unspecified atom stereocenters. The van der Waals surface area contributed by atoms with Gasteiger partial charge < -0.3 is 14.7 Å². The third kappa shape index (κ3) is 3.90. The Morgan fingerprint density at radius 1 is 1.03 bits per heavy atom. The number of pyridine rings is 3. The standard InChI is InChI=1S/C26H21FN8O2/c1-26(2,3)25(36)31-15-8-14(9-28-10-15)20-19(27)18-17(11-30-20)34-35-23(18)24-32-16-4-6-29-21(22(16)33-24)13-5-7-37-12-13/h4-12H,1-3H3,(H,31,36)(H,32,33)(H,34,35). The van der Waals surface area contributed by atoms with Gasteiger partial charge >= 0.3 is 0 Å². The largest absolute Gasteiger partial charge is 0.472 e. The van der Waals surface area contributed by atoms with E-state index in [1.54, 1.807) is 36.9 Å². The van der Waals surface area contributed by atoms with Crippen molar-refractivity contribution in [2.75, 3.05) is 5.32 Å². The van der Waals surface area contributed by atoms with Crippen molar-refractivity contribution in [3.05, 3.63) is 61.3 Å². The second kappa shape index (κ2) is 8.33. The molecule has 6 heterocycles. The number of halogens is 1. The lowest BCUT2D eigenvalue weighted by Gasteiger charge is -2.17. The van der Waals surface area contributed by atoms with E-state index in [0.717, 1.165) is 11.1 Å². The average Bonchev–Trinajstić information content (AvgIpc) is 3.63. The maximum absolute atomic E-state index is 16.0. The quantitative estimate of drug-likeness (QED) is 0.299. The molecule has 0 saturated heterocycles. The topological polar surface area (TPSA) is 138 Å². The summed E-state index contributed by atoms with van der Waals surface area (Å²) < 4.78 is 21.2. The highest BCUT2D eigenvalue weighted by atomic mass is 19.1. The minimum atomic E-state index is -0.594. The summed E-state index contributed by atoms with van der Waals surface area (Å²) in [5, 5.41) is 10.2. The van der Waals surface area contributed by atoms with Crippen molar-refractivity contribution >= 4 is 33.5 Å². The van der Waals surface area contributed by atoms with Gasteiger partial charge in [-0.05, 0) is 18.2 Å². The van der Waals surface area contributed by atoms with Crippen molar-refractivity contribution in [2.45, 2.75) is 20.8 Å². The number of hydrogen-bond donors (Lipinski definition) is 3. The second-order valence-corrected chi connectivity index (χ2v) is 9.60. The fourth-order valence-electron chi connectivity index (χ4n) is 3.96. The molecule has 10 nitrogen and oxygen atoms in total. The van der Waals surface area contributed by atoms with E-state index in [1.807, 2.05) is 20.8 Å². The summed E-state index contributed by atoms with van der Waals surface area (Å²) in [4.78, 5) is 33.2. The number of aromatic nitrogens is 7. The first-order valence-corrected chi connectivity index (χ1v) is 11.5. The normalized spacial score (nSPS) is 11.9. The SMILES string of the molecule is CC(C)(C)C(=O)Nc1cncc(-c2ncc3[nH]nc(-c4nc5c(-c6ccoc6)nccc5[nH]4)c3c2F)c1. The van der Waals surface area contributed by atoms with Crippen LogP contribution in [0.15, 0.2) is 59.9 Å². The zero-order valence-corrected chi connectivity index (χ0v) is 20.1. The van der Waals surface area contributed by atoms with Gasteiger partial charge in [0.05, 0.1) is 47.0 Å². The molecule has 11 heteroatoms. The molecular weight excluding hydrogens is 475 g/mol. The molecule has 0 fully saturated rings. The van der Waals surface area contributed by atoms with E-state index in [1.165, 1.54) is 18.6 Å². The van der Waals surface area contributed by atoms with Crippen molar-refractivity contribution in [3.8, 4) is 34.0 Å². The van der Waals surface area contributed by atoms with Crippen molar-refractivity contribution in [1.82, 2.24) is 35.1 Å². The van der Waals surface area contributed by atoms with Gasteiger partial charge in [0.15, 0.2) is 11.6 Å². The zero-order valence-electron chi connectivity index (χ0n) is 20.1. The zero-order chi connectivity index (χ0) is 25.7. The van der Waals surface area contributed by atoms with Crippen molar-refractivity contribution < 1.29 is 13.6 Å². The smallest absolute Gasteiger partial charge is 0.229 e. The van der Waals surface area contributed by atoms with E-state index < -0.39 is 11.2 Å². The third-order valence-electron chi connectivity index (χ3n) is 5.92. The first-order chi connectivity index (χ1) is 17.8. The number of carbonyl (C=O) groups excluding carboxylic acids is 1. The molecule has 0 bridgehead atoms. The Morgan fingerprint density at radius 3 is 2.68 bits per heavy atom. The summed E-state index contributed by atoms with van der Waals surface area (Å²) in [5.74, 6) is -0.392. The number of furan rings is 1. The molecule has 0 aromatic carbocycles. The van der Waals surface area contributed by atoms with Crippen LogP contribution in [-0.4, -0.2) is 41.0 Å². The van der Waals surface area contributed by atoms with Gasteiger partial charge in [0.2, 0.25) is 5.91 Å². The molecule has 3 N–H and O–H groups in total. The highest BCUT2D eigenvalue weighted by molar-refractivity contribution is 5.98. The summed E-state index contributed by atoms with van der Waals surface area (Å²) in [6.07, 6.45) is 9.32. The molecule has 37 heavy (non-hydrogen) atoms. The molecule has 184 valence electrons. The molecule has 6 aromatic rings. The third-order valence-corrected chi connectivity index (χ3v) is 5.92. The van der Waals surface area contributed by atoms with E-state index >= 15 is 4.39 Å². The Labute approximate surface area is 209 Å². The number of imidazole rings is 1. The van der Waals surface area contributed by atoms with E-state index in [-0.39, 0.29) is 17.0 Å². The van der Waals surface area contributed by atoms with Gasteiger partial charge in [0, 0.05) is 28.9 Å². The van der Waals surface area contributed by atoms with Gasteiger partial charge in [0.25, 0.3) is 0 Å². The van der Waals surface area contributed by atoms with E-state index in [4.69, 9.17) is 4.42 Å². The van der Waals surface area contributed by atoms with Crippen molar-refractivity contribution in [3.63, 3.8) is 0 Å². The monoisotopic (exact) mass is 496 g/mol. The number of H-pyrrole nitrogens is 2. The van der Waals surface area contributed by atoms with E-state index in [9.17, 15) is 4.79 Å². The van der Waals surface area contributed by atoms with Crippen molar-refractivity contribution in [1.29, 1.82) is 0 Å². The first-order valence-electron chi connectivity index (χ1n) is 11.5. The van der Waals surface area contributed by atoms with E-state index in [2.05, 4.69) is 40.4 Å².